The summed E-state index contributed by atoms with van der Waals surface area (Å²) in [4.78, 5) is 49.6. The molecule has 9 heteroatoms. The van der Waals surface area contributed by atoms with E-state index in [1.54, 1.807) is 6.92 Å². The third-order valence-electron chi connectivity index (χ3n) is 5.85. The Kier molecular flexibility index (Phi) is 7.02. The van der Waals surface area contributed by atoms with Gasteiger partial charge in [-0.2, -0.15) is 0 Å². The molecule has 1 atom stereocenters. The predicted molar refractivity (Wildman–Crippen MR) is 110 cm³/mol. The highest BCUT2D eigenvalue weighted by atomic mass is 16.6. The first-order valence-corrected chi connectivity index (χ1v) is 10.5. The normalized spacial score (nSPS) is 19.4. The minimum atomic E-state index is -0.643. The fourth-order valence-electron chi connectivity index (χ4n) is 4.25. The third kappa shape index (κ3) is 5.14. The van der Waals surface area contributed by atoms with Crippen LogP contribution in [0.3, 0.4) is 0 Å². The van der Waals surface area contributed by atoms with E-state index in [0.29, 0.717) is 30.5 Å². The van der Waals surface area contributed by atoms with Gasteiger partial charge in [0.25, 0.3) is 11.6 Å². The average Bonchev–Trinajstić information content (AvgIpc) is 3.22. The van der Waals surface area contributed by atoms with Gasteiger partial charge in [-0.3, -0.25) is 24.5 Å². The predicted octanol–water partition coefficient (Wildman–Crippen LogP) is 2.07. The minimum absolute atomic E-state index is 0.0498. The van der Waals surface area contributed by atoms with Gasteiger partial charge in [-0.05, 0) is 44.7 Å². The molecule has 0 bridgehead atoms. The van der Waals surface area contributed by atoms with Gasteiger partial charge in [0.1, 0.15) is 6.04 Å². The molecule has 1 aromatic carbocycles. The Morgan fingerprint density at radius 3 is 2.53 bits per heavy atom. The molecule has 9 nitrogen and oxygen atoms in total. The molecule has 0 radical (unpaired) electrons. The van der Waals surface area contributed by atoms with Gasteiger partial charge >= 0.3 is 0 Å². The molecule has 1 unspecified atom stereocenters. The lowest BCUT2D eigenvalue weighted by atomic mass is 9.95. The van der Waals surface area contributed by atoms with Crippen LogP contribution >= 0.6 is 0 Å². The largest absolute Gasteiger partial charge is 0.352 e. The van der Waals surface area contributed by atoms with Gasteiger partial charge in [0.2, 0.25) is 11.8 Å². The van der Waals surface area contributed by atoms with Gasteiger partial charge in [0.05, 0.1) is 11.5 Å². The molecule has 1 saturated carbocycles. The van der Waals surface area contributed by atoms with Crippen LogP contribution in [-0.4, -0.2) is 52.7 Å². The SMILES string of the molecule is Cc1cc(C(=O)N2CCCC2C(=O)NCC(=O)NC2CCCCC2)ccc1[N+](=O)[O-]. The number of likely N-dealkylation sites (tertiary alicyclic amines) is 1. The number of benzene rings is 1. The van der Waals surface area contributed by atoms with Gasteiger partial charge in [0.15, 0.2) is 0 Å². The van der Waals surface area contributed by atoms with E-state index in [1.165, 1.54) is 29.5 Å². The summed E-state index contributed by atoms with van der Waals surface area (Å²) in [5, 5.41) is 16.6. The Bertz CT molecular complexity index is 835. The molecule has 3 amide bonds. The van der Waals surface area contributed by atoms with Crippen molar-refractivity contribution < 1.29 is 19.3 Å². The van der Waals surface area contributed by atoms with Crippen molar-refractivity contribution in [1.82, 2.24) is 15.5 Å². The van der Waals surface area contributed by atoms with Crippen LogP contribution in [0, 0.1) is 17.0 Å². The maximum absolute atomic E-state index is 12.9. The van der Waals surface area contributed by atoms with Crippen LogP contribution in [0.4, 0.5) is 5.69 Å². The van der Waals surface area contributed by atoms with Crippen molar-refractivity contribution in [2.24, 2.45) is 0 Å². The lowest BCUT2D eigenvalue weighted by Crippen LogP contribution is -2.49. The van der Waals surface area contributed by atoms with Crippen molar-refractivity contribution in [1.29, 1.82) is 0 Å². The summed E-state index contributed by atoms with van der Waals surface area (Å²) in [5.41, 5.74) is 0.657. The van der Waals surface area contributed by atoms with Crippen LogP contribution < -0.4 is 10.6 Å². The van der Waals surface area contributed by atoms with Crippen molar-refractivity contribution in [2.45, 2.75) is 64.0 Å². The smallest absolute Gasteiger partial charge is 0.272 e. The lowest BCUT2D eigenvalue weighted by Gasteiger charge is -2.25. The number of rotatable bonds is 6. The highest BCUT2D eigenvalue weighted by molar-refractivity contribution is 5.98. The van der Waals surface area contributed by atoms with E-state index in [9.17, 15) is 24.5 Å². The molecule has 2 aliphatic rings. The zero-order valence-corrected chi connectivity index (χ0v) is 17.2. The molecule has 1 heterocycles. The fourth-order valence-corrected chi connectivity index (χ4v) is 4.25. The molecular formula is C21H28N4O5. The van der Waals surface area contributed by atoms with Crippen LogP contribution in [-0.2, 0) is 9.59 Å². The first-order chi connectivity index (χ1) is 14.4. The number of hydrogen-bond donors (Lipinski definition) is 2. The van der Waals surface area contributed by atoms with Crippen LogP contribution in [0.2, 0.25) is 0 Å². The van der Waals surface area contributed by atoms with E-state index >= 15 is 0 Å². The Morgan fingerprint density at radius 2 is 1.87 bits per heavy atom. The number of hydrogen-bond acceptors (Lipinski definition) is 5. The molecule has 3 rings (SSSR count). The quantitative estimate of drug-likeness (QED) is 0.543. The van der Waals surface area contributed by atoms with E-state index < -0.39 is 11.0 Å². The topological polar surface area (TPSA) is 122 Å². The maximum atomic E-state index is 12.9. The Morgan fingerprint density at radius 1 is 1.13 bits per heavy atom. The van der Waals surface area contributed by atoms with E-state index in [-0.39, 0.29) is 36.0 Å². The van der Waals surface area contributed by atoms with Gasteiger partial charge in [0, 0.05) is 29.8 Å². The summed E-state index contributed by atoms with van der Waals surface area (Å²) in [6, 6.07) is 3.74. The second-order valence-corrected chi connectivity index (χ2v) is 8.04. The minimum Gasteiger partial charge on any atom is -0.352 e. The summed E-state index contributed by atoms with van der Waals surface area (Å²) in [6.45, 7) is 1.90. The van der Waals surface area contributed by atoms with Crippen molar-refractivity contribution in [2.75, 3.05) is 13.1 Å². The number of nitro groups is 1. The zero-order valence-electron chi connectivity index (χ0n) is 17.2. The summed E-state index contributed by atoms with van der Waals surface area (Å²) < 4.78 is 0. The number of nitrogens with one attached hydrogen (secondary N) is 2. The lowest BCUT2D eigenvalue weighted by molar-refractivity contribution is -0.385. The van der Waals surface area contributed by atoms with Crippen molar-refractivity contribution in [3.05, 3.63) is 39.4 Å². The standard InChI is InChI=1S/C21H28N4O5/c1-14-12-15(9-10-17(14)25(29)30)21(28)24-11-5-8-18(24)20(27)22-13-19(26)23-16-6-3-2-4-7-16/h9-10,12,16,18H,2-8,11,13H2,1H3,(H,22,27)(H,23,26). The summed E-state index contributed by atoms with van der Waals surface area (Å²) in [5.74, 6) is -0.896. The van der Waals surface area contributed by atoms with Gasteiger partial charge < -0.3 is 15.5 Å². The first kappa shape index (κ1) is 21.7. The molecule has 162 valence electrons. The third-order valence-corrected chi connectivity index (χ3v) is 5.85. The molecule has 0 spiro atoms. The Balaban J connectivity index is 1.57. The molecule has 2 fully saturated rings. The number of nitrogens with zero attached hydrogens (tertiary/aromatic N) is 2. The zero-order chi connectivity index (χ0) is 21.7. The highest BCUT2D eigenvalue weighted by Crippen LogP contribution is 2.24. The van der Waals surface area contributed by atoms with Crippen molar-refractivity contribution in [3.63, 3.8) is 0 Å². The molecule has 2 N–H and O–H groups in total. The van der Waals surface area contributed by atoms with E-state index in [1.807, 2.05) is 0 Å². The molecule has 1 aliphatic heterocycles. The van der Waals surface area contributed by atoms with Crippen LogP contribution in [0.1, 0.15) is 60.9 Å². The average molecular weight is 416 g/mol. The summed E-state index contributed by atoms with van der Waals surface area (Å²) in [6.07, 6.45) is 6.57. The number of carbonyl (C=O) groups excluding carboxylic acids is 3. The number of nitro benzene ring substituents is 1. The number of amides is 3. The van der Waals surface area contributed by atoms with Gasteiger partial charge in [-0.1, -0.05) is 19.3 Å². The van der Waals surface area contributed by atoms with Crippen LogP contribution in [0.15, 0.2) is 18.2 Å². The van der Waals surface area contributed by atoms with Crippen molar-refractivity contribution >= 4 is 23.4 Å². The molecular weight excluding hydrogens is 388 g/mol. The Hall–Kier alpha value is -2.97. The molecule has 1 saturated heterocycles. The highest BCUT2D eigenvalue weighted by Gasteiger charge is 2.35. The monoisotopic (exact) mass is 416 g/mol. The second-order valence-electron chi connectivity index (χ2n) is 8.04. The molecule has 1 aromatic rings. The number of carbonyl (C=O) groups is 3. The summed E-state index contributed by atoms with van der Waals surface area (Å²) >= 11 is 0. The van der Waals surface area contributed by atoms with E-state index in [2.05, 4.69) is 10.6 Å². The molecule has 30 heavy (non-hydrogen) atoms. The van der Waals surface area contributed by atoms with Gasteiger partial charge in [-0.25, -0.2) is 0 Å². The second kappa shape index (κ2) is 9.69. The maximum Gasteiger partial charge on any atom is 0.272 e. The number of aryl methyl sites for hydroxylation is 1. The van der Waals surface area contributed by atoms with Gasteiger partial charge in [-0.15, -0.1) is 0 Å². The van der Waals surface area contributed by atoms with Crippen molar-refractivity contribution in [3.8, 4) is 0 Å². The van der Waals surface area contributed by atoms with E-state index in [0.717, 1.165) is 25.7 Å². The van der Waals surface area contributed by atoms with Crippen LogP contribution in [0.5, 0.6) is 0 Å². The summed E-state index contributed by atoms with van der Waals surface area (Å²) in [7, 11) is 0. The molecule has 0 aromatic heterocycles. The van der Waals surface area contributed by atoms with E-state index in [4.69, 9.17) is 0 Å². The molecule has 1 aliphatic carbocycles. The van der Waals surface area contributed by atoms with Crippen LogP contribution in [0.25, 0.3) is 0 Å². The first-order valence-electron chi connectivity index (χ1n) is 10.5. The Labute approximate surface area is 175 Å². The fraction of sp³-hybridized carbons (Fsp3) is 0.571.